The van der Waals surface area contributed by atoms with E-state index in [-0.39, 0.29) is 60.7 Å². The van der Waals surface area contributed by atoms with E-state index in [0.29, 0.717) is 0 Å². The summed E-state index contributed by atoms with van der Waals surface area (Å²) in [5.41, 5.74) is 0. The first-order valence-electron chi connectivity index (χ1n) is 0.500. The average molecular weight is 341 g/mol. The molecule has 0 saturated heterocycles. The van der Waals surface area contributed by atoms with Crippen LogP contribution in [0.5, 0.6) is 0 Å². The summed E-state index contributed by atoms with van der Waals surface area (Å²) in [6, 6.07) is 0. The van der Waals surface area contributed by atoms with Gasteiger partial charge in [0.05, 0.1) is 0 Å². The molecule has 0 unspecified atom stereocenters. The Kier molecular flexibility index (Phi) is 26.3. The van der Waals surface area contributed by atoms with Crippen LogP contribution in [0.3, 0.4) is 0 Å². The summed E-state index contributed by atoms with van der Waals surface area (Å²) < 4.78 is 25.3. The maximum absolute atomic E-state index is 8.44. The Labute approximate surface area is 83.3 Å². The fraction of sp³-hybridized carbons (Fsp3) is 0. The van der Waals surface area contributed by atoms with Crippen molar-refractivity contribution in [2.75, 3.05) is 0 Å². The van der Waals surface area contributed by atoms with Crippen LogP contribution >= 0.6 is 0 Å². The van der Waals surface area contributed by atoms with Gasteiger partial charge in [-0.2, -0.15) is 11.0 Å². The molecular weight excluding hydrogens is 341 g/mol. The van der Waals surface area contributed by atoms with E-state index < -0.39 is 11.0 Å². The van der Waals surface area contributed by atoms with Crippen LogP contribution in [0.2, 0.25) is 0 Å². The third kappa shape index (κ3) is 38.1. The van der Waals surface area contributed by atoms with Crippen molar-refractivity contribution in [1.82, 2.24) is 0 Å². The van der Waals surface area contributed by atoms with Gasteiger partial charge in [0.2, 0.25) is 0 Å². The van der Waals surface area contributed by atoms with Crippen molar-refractivity contribution in [1.29, 1.82) is 0 Å². The third-order valence-electron chi connectivity index (χ3n) is 0. The number of hydrogen-bond acceptors (Lipinski definition) is 4. The minimum atomic E-state index is -3.11. The minimum absolute atomic E-state index is 0. The quantitative estimate of drug-likeness (QED) is 0.198. The molecule has 0 amide bonds. The molecule has 0 aliphatic rings. The van der Waals surface area contributed by atoms with Gasteiger partial charge in [0.15, 0.2) is 0 Å². The summed E-state index contributed by atoms with van der Waals surface area (Å²) in [7, 11) is -3.11. The molecule has 0 heterocycles. The Balaban J connectivity index is -0.0000000450. The van der Waals surface area contributed by atoms with Gasteiger partial charge in [-0.05, 0) is 0 Å². The van der Waals surface area contributed by atoms with E-state index in [1.165, 1.54) is 0 Å². The van der Waals surface area contributed by atoms with Crippen molar-refractivity contribution in [3.63, 3.8) is 0 Å². The van der Waals surface area contributed by atoms with Crippen molar-refractivity contribution < 1.29 is 73.6 Å². The molecular formula is NaO3SU-. The Morgan fingerprint density at radius 2 is 1.33 bits per heavy atom. The zero-order valence-corrected chi connectivity index (χ0v) is 10.1. The molecule has 0 aromatic rings. The molecule has 0 spiro atoms. The van der Waals surface area contributed by atoms with Gasteiger partial charge >= 0.3 is 29.6 Å². The molecule has 0 rings (SSSR count). The molecule has 0 atom stereocenters. The summed E-state index contributed by atoms with van der Waals surface area (Å²) in [5, 5.41) is 0. The maximum atomic E-state index is 8.44. The predicted octanol–water partition coefficient (Wildman–Crippen LogP) is -3.57. The predicted molar refractivity (Wildman–Crippen MR) is 9.52 cm³/mol. The third-order valence-corrected chi connectivity index (χ3v) is 0. The van der Waals surface area contributed by atoms with E-state index >= 15 is 0 Å². The van der Waals surface area contributed by atoms with Crippen LogP contribution in [0.4, 0.5) is 0 Å². The van der Waals surface area contributed by atoms with Crippen LogP contribution in [0.25, 0.3) is 0 Å². The van der Waals surface area contributed by atoms with Crippen molar-refractivity contribution in [2.24, 2.45) is 0 Å². The Hall–Kier alpha value is 1.96. The van der Waals surface area contributed by atoms with Gasteiger partial charge in [-0.25, -0.2) is 0 Å². The molecule has 0 aliphatic carbocycles. The zero-order chi connectivity index (χ0) is 3.58. The van der Waals surface area contributed by atoms with E-state index in [9.17, 15) is 0 Å². The second kappa shape index (κ2) is 10.1. The summed E-state index contributed by atoms with van der Waals surface area (Å²) in [4.78, 5) is 0. The van der Waals surface area contributed by atoms with Crippen LogP contribution in [-0.4, -0.2) is 4.55 Å². The van der Waals surface area contributed by atoms with Gasteiger partial charge in [-0.1, -0.05) is 0 Å². The summed E-state index contributed by atoms with van der Waals surface area (Å²) in [6.07, 6.45) is 0. The monoisotopic (exact) mass is 341 g/mol. The van der Waals surface area contributed by atoms with Crippen LogP contribution in [0, 0.1) is 31.1 Å². The summed E-state index contributed by atoms with van der Waals surface area (Å²) >= 11 is 0. The number of rotatable bonds is 0. The molecule has 0 aromatic heterocycles. The fourth-order valence-corrected chi connectivity index (χ4v) is 0. The van der Waals surface area contributed by atoms with E-state index in [1.54, 1.807) is 0 Å². The Bertz CT molecular complexity index is 59.2. The molecule has 0 aliphatic heterocycles. The topological polar surface area (TPSA) is 57.2 Å². The molecule has 30 valence electrons. The van der Waals surface area contributed by atoms with Gasteiger partial charge in [-0.3, -0.25) is 0 Å². The summed E-state index contributed by atoms with van der Waals surface area (Å²) in [5.74, 6) is 0. The molecule has 0 radical (unpaired) electrons. The normalized spacial score (nSPS) is 5.67. The molecule has 0 saturated carbocycles. The van der Waals surface area contributed by atoms with Crippen LogP contribution in [0.1, 0.15) is 0 Å². The second-order valence-electron chi connectivity index (χ2n) is 0.204. The van der Waals surface area contributed by atoms with Gasteiger partial charge in [-0.15, -0.1) is 0 Å². The zero-order valence-electron chi connectivity index (χ0n) is 3.13. The van der Waals surface area contributed by atoms with Crippen LogP contribution in [0.15, 0.2) is 0 Å². The van der Waals surface area contributed by atoms with Crippen molar-refractivity contribution in [2.45, 2.75) is 0 Å². The standard InChI is InChI=1S/Na.O3S.U/c;1-4(2)3;/q+1;-2;. The first-order valence-corrected chi connectivity index (χ1v) is 1.50. The number of hydrogen-bond donors (Lipinski definition) is 0. The van der Waals surface area contributed by atoms with E-state index in [0.717, 1.165) is 0 Å². The van der Waals surface area contributed by atoms with Gasteiger partial charge in [0.1, 0.15) is 0 Å². The molecule has 0 N–H and O–H groups in total. The van der Waals surface area contributed by atoms with Gasteiger partial charge in [0, 0.05) is 31.1 Å². The van der Waals surface area contributed by atoms with E-state index in [4.69, 9.17) is 13.0 Å². The van der Waals surface area contributed by atoms with Crippen LogP contribution in [-0.2, 0) is 19.4 Å². The van der Waals surface area contributed by atoms with E-state index in [1.807, 2.05) is 0 Å². The van der Waals surface area contributed by atoms with Gasteiger partial charge < -0.3 is 13.0 Å². The van der Waals surface area contributed by atoms with Crippen LogP contribution < -0.4 is 29.6 Å². The molecule has 0 bridgehead atoms. The Morgan fingerprint density at radius 3 is 1.33 bits per heavy atom. The smallest absolute Gasteiger partial charge is 0.917 e. The molecule has 6 heavy (non-hydrogen) atoms. The second-order valence-corrected chi connectivity index (χ2v) is 0.612. The van der Waals surface area contributed by atoms with Gasteiger partial charge in [0.25, 0.3) is 0 Å². The average Bonchev–Trinajstić information content (AvgIpc) is 0.811. The first kappa shape index (κ1) is 15.7. The molecule has 3 nitrogen and oxygen atoms in total. The molecule has 6 heteroatoms. The molecule has 0 fully saturated rings. The summed E-state index contributed by atoms with van der Waals surface area (Å²) in [6.45, 7) is 0. The van der Waals surface area contributed by atoms with E-state index in [2.05, 4.69) is 0 Å². The largest absolute Gasteiger partial charge is 1.00 e. The fourth-order valence-electron chi connectivity index (χ4n) is 0. The van der Waals surface area contributed by atoms with Crippen molar-refractivity contribution >= 4 is 11.0 Å². The minimum Gasteiger partial charge on any atom is -0.917 e. The Morgan fingerprint density at radius 1 is 1.33 bits per heavy atom. The SMILES string of the molecule is O=[S-](=O)[O-].[Na+].[U]. The molecule has 0 aromatic carbocycles. The first-order chi connectivity index (χ1) is 1.73. The maximum Gasteiger partial charge on any atom is 1.00 e. The van der Waals surface area contributed by atoms with Crippen molar-refractivity contribution in [3.8, 4) is 0 Å². The van der Waals surface area contributed by atoms with Crippen molar-refractivity contribution in [3.05, 3.63) is 0 Å².